The molecule has 0 aliphatic rings. The van der Waals surface area contributed by atoms with E-state index in [0.29, 0.717) is 0 Å². The Balaban J connectivity index is 4.96. The third-order valence-corrected chi connectivity index (χ3v) is 34.4. The summed E-state index contributed by atoms with van der Waals surface area (Å²) >= 11 is -2.18. The van der Waals surface area contributed by atoms with E-state index in [1.165, 1.54) is 360 Å². The topological polar surface area (TPSA) is 0 Å². The molecule has 0 unspecified atom stereocenters. The molecule has 0 bridgehead atoms. The molecular weight excluding hydrogens is 984 g/mol. The molecule has 0 aromatic carbocycles. The minimum absolute atomic E-state index is 1.38. The number of unbranched alkanes of at least 4 members (excludes halogenated alkanes) is 60. The molecule has 0 fully saturated rings. The Labute approximate surface area is 471 Å². The fourth-order valence-corrected chi connectivity index (χ4v) is 28.6. The molecule has 0 spiro atoms. The molecule has 0 N–H and O–H groups in total. The number of hydrogen-bond acceptors (Lipinski definition) is 0. The Hall–Kier alpha value is 0.799. The molecule has 0 aromatic heterocycles. The zero-order valence-electron chi connectivity index (χ0n) is 52.6. The normalized spacial score (nSPS) is 12.0. The zero-order valence-corrected chi connectivity index (χ0v) is 55.4. The summed E-state index contributed by atoms with van der Waals surface area (Å²) in [6.07, 6.45) is 96.2. The van der Waals surface area contributed by atoms with Gasteiger partial charge in [-0.15, -0.1) is 0 Å². The van der Waals surface area contributed by atoms with Crippen molar-refractivity contribution in [1.82, 2.24) is 0 Å². The van der Waals surface area contributed by atoms with Crippen LogP contribution in [0.2, 0.25) is 17.7 Å². The van der Waals surface area contributed by atoms with E-state index < -0.39 is 18.4 Å². The fourth-order valence-electron chi connectivity index (χ4n) is 12.9. The predicted octanol–water partition coefficient (Wildman–Crippen LogP) is 28.5. The van der Waals surface area contributed by atoms with Gasteiger partial charge in [0.05, 0.1) is 0 Å². The SMILES string of the molecule is CCCCCCCCCCCCCCCCC[CH2][Sn]([CH2]CCCCCCCCCCCCCCCCC)([CH2]CCCCCCCCCCCCCCCCC)[CH2]CCCCCCCCCCCCCCCCC. The van der Waals surface area contributed by atoms with Gasteiger partial charge in [0.25, 0.3) is 0 Å². The number of rotatable bonds is 68. The summed E-state index contributed by atoms with van der Waals surface area (Å²) in [4.78, 5) is 0. The smallest absolute Gasteiger partial charge is 0.0654 e. The molecule has 0 rings (SSSR count). The molecule has 1 heteroatoms. The summed E-state index contributed by atoms with van der Waals surface area (Å²) in [5, 5.41) is 0. The fraction of sp³-hybridized carbons (Fsp3) is 1.00. The Morgan fingerprint density at radius 1 is 0.110 bits per heavy atom. The van der Waals surface area contributed by atoms with Crippen LogP contribution in [0.15, 0.2) is 0 Å². The summed E-state index contributed by atoms with van der Waals surface area (Å²) in [6, 6.07) is 0. The van der Waals surface area contributed by atoms with Crippen molar-refractivity contribution < 1.29 is 0 Å². The summed E-state index contributed by atoms with van der Waals surface area (Å²) in [5.41, 5.74) is 0. The molecule has 440 valence electrons. The molecule has 0 aliphatic heterocycles. The quantitative estimate of drug-likeness (QED) is 0.0421. The van der Waals surface area contributed by atoms with Crippen molar-refractivity contribution >= 4 is 18.4 Å². The van der Waals surface area contributed by atoms with Crippen LogP contribution in [0.25, 0.3) is 0 Å². The maximum absolute atomic E-state index is 2.34. The van der Waals surface area contributed by atoms with Crippen molar-refractivity contribution in [3.8, 4) is 0 Å². The monoisotopic (exact) mass is 1130 g/mol. The van der Waals surface area contributed by atoms with Gasteiger partial charge in [0.2, 0.25) is 0 Å². The molecule has 0 atom stereocenters. The Morgan fingerprint density at radius 3 is 0.288 bits per heavy atom. The first-order valence-electron chi connectivity index (χ1n) is 36.2. The van der Waals surface area contributed by atoms with E-state index in [4.69, 9.17) is 0 Å². The third kappa shape index (κ3) is 61.9. The first kappa shape index (κ1) is 73.8. The predicted molar refractivity (Wildman–Crippen MR) is 343 cm³/mol. The molecular formula is C72H148Sn. The van der Waals surface area contributed by atoms with E-state index in [1.807, 2.05) is 0 Å². The summed E-state index contributed by atoms with van der Waals surface area (Å²) < 4.78 is 7.07. The van der Waals surface area contributed by atoms with Crippen LogP contribution >= 0.6 is 0 Å². The van der Waals surface area contributed by atoms with Crippen LogP contribution < -0.4 is 0 Å². The second-order valence-corrected chi connectivity index (χ2v) is 40.0. The summed E-state index contributed by atoms with van der Waals surface area (Å²) in [5.74, 6) is 0. The van der Waals surface area contributed by atoms with Crippen LogP contribution in [-0.2, 0) is 0 Å². The average molecular weight is 1130 g/mol. The Bertz CT molecular complexity index is 775. The van der Waals surface area contributed by atoms with Crippen LogP contribution in [0.1, 0.15) is 439 Å². The first-order valence-corrected chi connectivity index (χ1v) is 44.3. The Kier molecular flexibility index (Phi) is 67.8. The second-order valence-electron chi connectivity index (χ2n) is 25.7. The Morgan fingerprint density at radius 2 is 0.192 bits per heavy atom. The van der Waals surface area contributed by atoms with Gasteiger partial charge in [-0.3, -0.25) is 0 Å². The molecule has 0 nitrogen and oxygen atoms in total. The van der Waals surface area contributed by atoms with Crippen molar-refractivity contribution in [3.05, 3.63) is 0 Å². The summed E-state index contributed by atoms with van der Waals surface area (Å²) in [7, 11) is 0. The van der Waals surface area contributed by atoms with Crippen molar-refractivity contribution in [3.63, 3.8) is 0 Å². The van der Waals surface area contributed by atoms with Crippen molar-refractivity contribution in [2.45, 2.75) is 456 Å². The van der Waals surface area contributed by atoms with Gasteiger partial charge in [-0.05, 0) is 0 Å². The van der Waals surface area contributed by atoms with E-state index in [1.54, 1.807) is 69.1 Å². The molecule has 0 aromatic rings. The molecule has 0 aliphatic carbocycles. The molecule has 0 saturated carbocycles. The van der Waals surface area contributed by atoms with Gasteiger partial charge in [0, 0.05) is 0 Å². The van der Waals surface area contributed by atoms with E-state index in [-0.39, 0.29) is 0 Å². The standard InChI is InChI=1S/4C18H37.Sn/c4*1-3-5-7-9-11-13-15-17-18-16-14-12-10-8-6-4-2;/h4*1,3-18H2,2H3;. The van der Waals surface area contributed by atoms with Crippen LogP contribution in [0.3, 0.4) is 0 Å². The number of hydrogen-bond donors (Lipinski definition) is 0. The molecule has 0 heterocycles. The van der Waals surface area contributed by atoms with Crippen LogP contribution in [0.4, 0.5) is 0 Å². The van der Waals surface area contributed by atoms with Gasteiger partial charge in [-0.2, -0.15) is 0 Å². The van der Waals surface area contributed by atoms with Gasteiger partial charge in [0.15, 0.2) is 0 Å². The maximum atomic E-state index is 2.34. The zero-order chi connectivity index (χ0) is 52.6. The summed E-state index contributed by atoms with van der Waals surface area (Å²) in [6.45, 7) is 9.34. The van der Waals surface area contributed by atoms with Crippen molar-refractivity contribution in [2.24, 2.45) is 0 Å². The van der Waals surface area contributed by atoms with Gasteiger partial charge >= 0.3 is 319 Å². The van der Waals surface area contributed by atoms with Crippen LogP contribution in [0, 0.1) is 0 Å². The van der Waals surface area contributed by atoms with E-state index >= 15 is 0 Å². The minimum atomic E-state index is -2.18. The van der Waals surface area contributed by atoms with E-state index in [9.17, 15) is 0 Å². The average Bonchev–Trinajstić information content (AvgIpc) is 3.40. The first-order chi connectivity index (χ1) is 36.2. The van der Waals surface area contributed by atoms with E-state index in [2.05, 4.69) is 27.7 Å². The molecule has 0 amide bonds. The van der Waals surface area contributed by atoms with Crippen molar-refractivity contribution in [1.29, 1.82) is 0 Å². The molecule has 73 heavy (non-hydrogen) atoms. The minimum Gasteiger partial charge on any atom is -0.0654 e. The van der Waals surface area contributed by atoms with Gasteiger partial charge in [-0.1, -0.05) is 156 Å². The second kappa shape index (κ2) is 67.1. The van der Waals surface area contributed by atoms with Crippen molar-refractivity contribution in [2.75, 3.05) is 0 Å². The van der Waals surface area contributed by atoms with E-state index in [0.717, 1.165) is 0 Å². The molecule has 0 radical (unpaired) electrons. The van der Waals surface area contributed by atoms with Gasteiger partial charge < -0.3 is 0 Å². The van der Waals surface area contributed by atoms with Crippen LogP contribution in [-0.4, -0.2) is 18.4 Å². The van der Waals surface area contributed by atoms with Crippen LogP contribution in [0.5, 0.6) is 0 Å². The third-order valence-electron chi connectivity index (χ3n) is 18.2. The van der Waals surface area contributed by atoms with Gasteiger partial charge in [0.1, 0.15) is 0 Å². The molecule has 0 saturated heterocycles. The van der Waals surface area contributed by atoms with Gasteiger partial charge in [-0.25, -0.2) is 0 Å².